The van der Waals surface area contributed by atoms with Gasteiger partial charge in [-0.15, -0.1) is 0 Å². The van der Waals surface area contributed by atoms with Crippen LogP contribution in [0.3, 0.4) is 0 Å². The van der Waals surface area contributed by atoms with Gasteiger partial charge in [-0.05, 0) is 86.1 Å². The summed E-state index contributed by atoms with van der Waals surface area (Å²) in [6.07, 6.45) is 2.21. The van der Waals surface area contributed by atoms with Crippen LogP contribution in [0.4, 0.5) is 43.9 Å². The molecule has 0 aromatic heterocycles. The maximum atomic E-state index is 14.8. The van der Waals surface area contributed by atoms with Gasteiger partial charge in [0.1, 0.15) is 11.5 Å². The van der Waals surface area contributed by atoms with E-state index >= 15 is 0 Å². The molecule has 0 amide bonds. The molecule has 2 atom stereocenters. The van der Waals surface area contributed by atoms with E-state index in [1.165, 1.54) is 51.4 Å². The van der Waals surface area contributed by atoms with Gasteiger partial charge in [-0.3, -0.25) is 0 Å². The summed E-state index contributed by atoms with van der Waals surface area (Å²) < 4.78 is 159. The predicted molar refractivity (Wildman–Crippen MR) is 265 cm³/mol. The van der Waals surface area contributed by atoms with E-state index in [-0.39, 0.29) is 24.0 Å². The molecule has 0 saturated carbocycles. The van der Waals surface area contributed by atoms with Crippen molar-refractivity contribution in [2.45, 2.75) is 187 Å². The number of ether oxygens (including phenoxy) is 4. The quantitative estimate of drug-likeness (QED) is 0.0284. The highest BCUT2D eigenvalue weighted by Crippen LogP contribution is 2.34. The Morgan fingerprint density at radius 3 is 1.04 bits per heavy atom. The van der Waals surface area contributed by atoms with Crippen molar-refractivity contribution >= 4 is 11.9 Å². The van der Waals surface area contributed by atoms with Gasteiger partial charge in [-0.25, -0.2) is 27.2 Å². The molecule has 16 heteroatoms. The molecule has 0 aliphatic rings. The smallest absolute Gasteiger partial charge is 0.425 e. The predicted octanol–water partition coefficient (Wildman–Crippen LogP) is 18.5. The lowest BCUT2D eigenvalue weighted by Crippen LogP contribution is -2.34. The summed E-state index contributed by atoms with van der Waals surface area (Å²) in [7, 11) is 0. The minimum Gasteiger partial charge on any atom is -0.494 e. The molecule has 4 aromatic rings. The fourth-order valence-corrected chi connectivity index (χ4v) is 7.77. The van der Waals surface area contributed by atoms with Crippen LogP contribution >= 0.6 is 0 Å². The average Bonchev–Trinajstić information content (AvgIpc) is 3.35. The number of carbonyl (C=O) groups excluding carboxylic acids is 2. The molecular formula is C57H72F10O6. The number of esters is 2. The Labute approximate surface area is 424 Å². The molecule has 0 fully saturated rings. The zero-order valence-corrected chi connectivity index (χ0v) is 42.6. The highest BCUT2D eigenvalue weighted by molar-refractivity contribution is 5.91. The summed E-state index contributed by atoms with van der Waals surface area (Å²) >= 11 is 0. The lowest BCUT2D eigenvalue weighted by atomic mass is 10.0. The van der Waals surface area contributed by atoms with Gasteiger partial charge in [0.2, 0.25) is 0 Å². The van der Waals surface area contributed by atoms with Gasteiger partial charge in [0, 0.05) is 11.1 Å². The van der Waals surface area contributed by atoms with Crippen LogP contribution in [-0.4, -0.2) is 49.7 Å². The van der Waals surface area contributed by atoms with Crippen LogP contribution < -0.4 is 9.47 Å². The molecule has 0 heterocycles. The molecule has 0 aliphatic carbocycles. The van der Waals surface area contributed by atoms with E-state index in [0.29, 0.717) is 55.1 Å². The van der Waals surface area contributed by atoms with E-state index in [1.807, 2.05) is 13.8 Å². The van der Waals surface area contributed by atoms with Crippen molar-refractivity contribution in [3.8, 4) is 33.8 Å². The van der Waals surface area contributed by atoms with Gasteiger partial charge in [0.15, 0.2) is 35.5 Å². The average molecular weight is 1040 g/mol. The molecular weight excluding hydrogens is 971 g/mol. The van der Waals surface area contributed by atoms with Crippen LogP contribution in [0.15, 0.2) is 72.8 Å². The topological polar surface area (TPSA) is 71.1 Å². The Bertz CT molecular complexity index is 2210. The molecule has 0 aliphatic heterocycles. The molecule has 0 bridgehead atoms. The molecule has 73 heavy (non-hydrogen) atoms. The van der Waals surface area contributed by atoms with Gasteiger partial charge >= 0.3 is 24.3 Å². The Morgan fingerprint density at radius 1 is 0.397 bits per heavy atom. The molecule has 0 saturated heterocycles. The van der Waals surface area contributed by atoms with Crippen LogP contribution in [0, 0.1) is 23.3 Å². The lowest BCUT2D eigenvalue weighted by Gasteiger charge is -2.21. The number of hydrogen-bond acceptors (Lipinski definition) is 6. The van der Waals surface area contributed by atoms with Crippen LogP contribution in [0.25, 0.3) is 22.3 Å². The minimum atomic E-state index is -4.80. The van der Waals surface area contributed by atoms with Gasteiger partial charge < -0.3 is 18.9 Å². The van der Waals surface area contributed by atoms with E-state index in [0.717, 1.165) is 62.8 Å². The summed E-state index contributed by atoms with van der Waals surface area (Å²) in [5.41, 5.74) is -1.31. The van der Waals surface area contributed by atoms with Crippen LogP contribution in [0.1, 0.15) is 183 Å². The second-order valence-electron chi connectivity index (χ2n) is 18.1. The number of carbonyl (C=O) groups is 2. The third-order valence-corrected chi connectivity index (χ3v) is 12.1. The third kappa shape index (κ3) is 21.6. The fourth-order valence-electron chi connectivity index (χ4n) is 7.77. The summed E-state index contributed by atoms with van der Waals surface area (Å²) in [5, 5.41) is 0. The first-order valence-electron chi connectivity index (χ1n) is 25.8. The largest absolute Gasteiger partial charge is 0.494 e. The molecule has 0 radical (unpaired) electrons. The summed E-state index contributed by atoms with van der Waals surface area (Å²) in [6.45, 7) is 9.19. The van der Waals surface area contributed by atoms with Crippen LogP contribution in [-0.2, 0) is 9.47 Å². The number of halogens is 10. The summed E-state index contributed by atoms with van der Waals surface area (Å²) in [4.78, 5) is 24.6. The number of hydrogen-bond donors (Lipinski definition) is 0. The van der Waals surface area contributed by atoms with Gasteiger partial charge in [0.05, 0.1) is 24.3 Å². The van der Waals surface area contributed by atoms with E-state index < -0.39 is 83.7 Å². The molecule has 2 unspecified atom stereocenters. The Morgan fingerprint density at radius 2 is 0.699 bits per heavy atom. The van der Waals surface area contributed by atoms with Gasteiger partial charge in [-0.1, -0.05) is 160 Å². The van der Waals surface area contributed by atoms with E-state index in [1.54, 1.807) is 48.5 Å². The molecule has 6 nitrogen and oxygen atoms in total. The van der Waals surface area contributed by atoms with Crippen molar-refractivity contribution in [3.63, 3.8) is 0 Å². The monoisotopic (exact) mass is 1040 g/mol. The molecule has 4 rings (SSSR count). The number of rotatable bonds is 31. The zero-order chi connectivity index (χ0) is 53.8. The molecule has 406 valence electrons. The summed E-state index contributed by atoms with van der Waals surface area (Å²) in [6, 6.07) is 17.0. The highest BCUT2D eigenvalue weighted by atomic mass is 19.4. The minimum absolute atomic E-state index is 0.122. The van der Waals surface area contributed by atoms with Gasteiger partial charge in [0.25, 0.3) is 0 Å². The first-order chi connectivity index (χ1) is 34.9. The summed E-state index contributed by atoms with van der Waals surface area (Å²) in [5.74, 6) is -7.66. The molecule has 4 aromatic carbocycles. The second-order valence-corrected chi connectivity index (χ2v) is 18.1. The van der Waals surface area contributed by atoms with E-state index in [9.17, 15) is 53.5 Å². The van der Waals surface area contributed by atoms with Crippen molar-refractivity contribution in [1.82, 2.24) is 0 Å². The third-order valence-electron chi connectivity index (χ3n) is 12.1. The maximum Gasteiger partial charge on any atom is 0.425 e. The fraction of sp³-hybridized carbons (Fsp3) is 0.544. The lowest BCUT2D eigenvalue weighted by molar-refractivity contribution is -0.206. The van der Waals surface area contributed by atoms with E-state index in [2.05, 4.69) is 23.3 Å². The molecule has 0 spiro atoms. The van der Waals surface area contributed by atoms with Crippen molar-refractivity contribution in [3.05, 3.63) is 107 Å². The normalized spacial score (nSPS) is 12.4. The van der Waals surface area contributed by atoms with E-state index in [4.69, 9.17) is 9.47 Å². The Balaban J connectivity index is 0.000000385. The van der Waals surface area contributed by atoms with Gasteiger partial charge in [-0.2, -0.15) is 26.3 Å². The van der Waals surface area contributed by atoms with Crippen molar-refractivity contribution < 1.29 is 72.4 Å². The number of alkyl halides is 6. The standard InChI is InChI=1S/C29H37F5O3.C28H35F5O3/c1-3-5-7-9-10-12-20-36-22-16-14-21(15-17-22)23-18-19-24(27(31)26(23)30)28(35)37-25(29(32,33)34)13-11-8-6-4-2;1-3-5-7-8-9-11-19-35-21-15-13-20(14-16-21)22-17-18-23(26(30)25(22)29)27(34)36-24(28(31,32)33)12-10-6-4-2/h14-19,25H,3-13,20H2,1-2H3;13-18,24H,3-12,19H2,1-2H3. The highest BCUT2D eigenvalue weighted by Gasteiger charge is 2.44. The molecule has 0 N–H and O–H groups in total. The first kappa shape index (κ1) is 62.0. The Kier molecular flexibility index (Phi) is 27.9. The SMILES string of the molecule is CCCCCCCCOc1ccc(-c2ccc(C(=O)OC(CCCCC)C(F)(F)F)c(F)c2F)cc1.CCCCCCCCOc1ccc(-c2ccc(C(=O)OC(CCCCCC)C(F)(F)F)c(F)c2F)cc1. The van der Waals surface area contributed by atoms with Crippen molar-refractivity contribution in [2.24, 2.45) is 0 Å². The van der Waals surface area contributed by atoms with Crippen molar-refractivity contribution in [1.29, 1.82) is 0 Å². The maximum absolute atomic E-state index is 14.8. The number of unbranched alkanes of at least 4 members (excludes halogenated alkanes) is 15. The number of benzene rings is 4. The Hall–Kier alpha value is -5.28. The van der Waals surface area contributed by atoms with Crippen LogP contribution in [0.2, 0.25) is 0 Å². The first-order valence-corrected chi connectivity index (χ1v) is 25.8. The second kappa shape index (κ2) is 32.8. The zero-order valence-electron chi connectivity index (χ0n) is 42.6. The van der Waals surface area contributed by atoms with Crippen molar-refractivity contribution in [2.75, 3.05) is 13.2 Å². The van der Waals surface area contributed by atoms with Crippen LogP contribution in [0.5, 0.6) is 11.5 Å².